The van der Waals surface area contributed by atoms with E-state index in [0.717, 1.165) is 11.1 Å². The molecule has 0 bridgehead atoms. The van der Waals surface area contributed by atoms with Gasteiger partial charge in [0, 0.05) is 24.0 Å². The summed E-state index contributed by atoms with van der Waals surface area (Å²) < 4.78 is 4.62. The summed E-state index contributed by atoms with van der Waals surface area (Å²) in [6, 6.07) is 9.17. The summed E-state index contributed by atoms with van der Waals surface area (Å²) in [6.07, 6.45) is 2.80. The maximum absolute atomic E-state index is 13.0. The Kier molecular flexibility index (Phi) is 7.37. The van der Waals surface area contributed by atoms with E-state index in [9.17, 15) is 29.7 Å². The number of hydrogen-bond acceptors (Lipinski definition) is 6. The fraction of sp³-hybridized carbons (Fsp3) is 0.320. The Balaban J connectivity index is 1.82. The molecule has 1 aliphatic heterocycles. The van der Waals surface area contributed by atoms with Crippen LogP contribution in [0.25, 0.3) is 0 Å². The van der Waals surface area contributed by atoms with Crippen LogP contribution >= 0.6 is 0 Å². The fourth-order valence-electron chi connectivity index (χ4n) is 3.89. The van der Waals surface area contributed by atoms with Crippen molar-refractivity contribution in [2.75, 3.05) is 7.11 Å². The smallest absolute Gasteiger partial charge is 0.326 e. The average molecular weight is 453 g/mol. The number of aliphatic carboxylic acids is 1. The highest BCUT2D eigenvalue weighted by atomic mass is 16.5. The molecular weight excluding hydrogens is 426 g/mol. The molecular formula is C25H27NO7. The number of nitrogens with zero attached hydrogens (tertiary/aromatic N) is 1. The molecule has 3 rings (SSSR count). The van der Waals surface area contributed by atoms with E-state index < -0.39 is 17.9 Å². The first-order valence-corrected chi connectivity index (χ1v) is 10.6. The first-order valence-electron chi connectivity index (χ1n) is 10.6. The van der Waals surface area contributed by atoms with Gasteiger partial charge in [-0.05, 0) is 31.4 Å². The van der Waals surface area contributed by atoms with E-state index in [1.807, 2.05) is 13.0 Å². The number of allylic oxidation sites excluding steroid dienone is 2. The van der Waals surface area contributed by atoms with Gasteiger partial charge in [0.15, 0.2) is 0 Å². The first kappa shape index (κ1) is 23.8. The number of ether oxygens (including phenoxy) is 1. The summed E-state index contributed by atoms with van der Waals surface area (Å²) in [5, 5.41) is 31.1. The number of carboxylic acids is 1. The SMILES string of the molecule is COC(=O)CCC(C)=CCc1c(O)cc2c(c1O)CN(C(Cc1ccccc1)C(=O)O)C2=O. The lowest BCUT2D eigenvalue weighted by molar-refractivity contribution is -0.142. The number of aromatic hydroxyl groups is 2. The van der Waals surface area contributed by atoms with Crippen LogP contribution in [0.4, 0.5) is 0 Å². The number of methoxy groups -OCH3 is 1. The number of carbonyl (C=O) groups excluding carboxylic acids is 2. The van der Waals surface area contributed by atoms with Gasteiger partial charge >= 0.3 is 11.9 Å². The minimum absolute atomic E-state index is 0.0673. The Morgan fingerprint density at radius 1 is 1.18 bits per heavy atom. The quantitative estimate of drug-likeness (QED) is 0.393. The molecule has 2 aromatic rings. The Bertz CT molecular complexity index is 1090. The Labute approximate surface area is 191 Å². The largest absolute Gasteiger partial charge is 0.507 e. The lowest BCUT2D eigenvalue weighted by Gasteiger charge is -2.24. The molecule has 0 aromatic heterocycles. The molecule has 2 aromatic carbocycles. The second-order valence-electron chi connectivity index (χ2n) is 8.06. The predicted molar refractivity (Wildman–Crippen MR) is 120 cm³/mol. The highest BCUT2D eigenvalue weighted by Crippen LogP contribution is 2.40. The van der Waals surface area contributed by atoms with E-state index in [1.165, 1.54) is 18.1 Å². The molecule has 1 amide bonds. The minimum Gasteiger partial charge on any atom is -0.507 e. The van der Waals surface area contributed by atoms with E-state index in [0.29, 0.717) is 12.0 Å². The second-order valence-corrected chi connectivity index (χ2v) is 8.06. The summed E-state index contributed by atoms with van der Waals surface area (Å²) >= 11 is 0. The van der Waals surface area contributed by atoms with Crippen LogP contribution in [0.1, 0.15) is 46.8 Å². The van der Waals surface area contributed by atoms with Crippen LogP contribution in [-0.2, 0) is 33.7 Å². The highest BCUT2D eigenvalue weighted by molar-refractivity contribution is 6.02. The van der Waals surface area contributed by atoms with Gasteiger partial charge in [0.1, 0.15) is 17.5 Å². The van der Waals surface area contributed by atoms with Crippen LogP contribution in [0, 0.1) is 0 Å². The number of carboxylic acid groups (broad SMARTS) is 1. The summed E-state index contributed by atoms with van der Waals surface area (Å²) in [4.78, 5) is 37.5. The van der Waals surface area contributed by atoms with Crippen LogP contribution in [0.5, 0.6) is 11.5 Å². The van der Waals surface area contributed by atoms with Crippen LogP contribution in [-0.4, -0.2) is 51.2 Å². The van der Waals surface area contributed by atoms with Crippen molar-refractivity contribution < 1.29 is 34.4 Å². The topological polar surface area (TPSA) is 124 Å². The lowest BCUT2D eigenvalue weighted by atomic mass is 9.99. The van der Waals surface area contributed by atoms with Crippen molar-refractivity contribution in [1.82, 2.24) is 4.90 Å². The molecule has 0 aliphatic carbocycles. The highest BCUT2D eigenvalue weighted by Gasteiger charge is 2.39. The van der Waals surface area contributed by atoms with Gasteiger partial charge in [0.25, 0.3) is 5.91 Å². The summed E-state index contributed by atoms with van der Waals surface area (Å²) in [6.45, 7) is 1.76. The van der Waals surface area contributed by atoms with Gasteiger partial charge in [-0.3, -0.25) is 9.59 Å². The van der Waals surface area contributed by atoms with E-state index in [2.05, 4.69) is 4.74 Å². The predicted octanol–water partition coefficient (Wildman–Crippen LogP) is 3.19. The van der Waals surface area contributed by atoms with E-state index >= 15 is 0 Å². The number of phenols is 2. The molecule has 8 heteroatoms. The fourth-order valence-corrected chi connectivity index (χ4v) is 3.89. The Morgan fingerprint density at radius 2 is 1.88 bits per heavy atom. The monoisotopic (exact) mass is 453 g/mol. The van der Waals surface area contributed by atoms with E-state index in [1.54, 1.807) is 30.3 Å². The Hall–Kier alpha value is -3.81. The molecule has 0 saturated heterocycles. The zero-order valence-electron chi connectivity index (χ0n) is 18.6. The summed E-state index contributed by atoms with van der Waals surface area (Å²) in [5.74, 6) is -2.48. The second kappa shape index (κ2) is 10.2. The molecule has 174 valence electrons. The van der Waals surface area contributed by atoms with Crippen molar-refractivity contribution in [1.29, 1.82) is 0 Å². The standard InChI is InChI=1S/C25H27NO7/c1-15(9-11-22(28)33-2)8-10-17-21(27)13-18-19(23(17)29)14-26(24(18)30)20(25(31)32)12-16-6-4-3-5-7-16/h3-8,13,20,27,29H,9-12,14H2,1-2H3,(H,31,32). The molecule has 3 N–H and O–H groups in total. The third kappa shape index (κ3) is 5.34. The molecule has 33 heavy (non-hydrogen) atoms. The van der Waals surface area contributed by atoms with Crippen molar-refractivity contribution >= 4 is 17.8 Å². The lowest BCUT2D eigenvalue weighted by Crippen LogP contribution is -2.42. The van der Waals surface area contributed by atoms with Crippen LogP contribution < -0.4 is 0 Å². The summed E-state index contributed by atoms with van der Waals surface area (Å²) in [5.41, 5.74) is 2.29. The van der Waals surface area contributed by atoms with Crippen LogP contribution in [0.3, 0.4) is 0 Å². The van der Waals surface area contributed by atoms with Crippen molar-refractivity contribution in [2.24, 2.45) is 0 Å². The van der Waals surface area contributed by atoms with Crippen LogP contribution in [0.2, 0.25) is 0 Å². The van der Waals surface area contributed by atoms with Crippen molar-refractivity contribution in [3.05, 3.63) is 70.3 Å². The molecule has 1 atom stereocenters. The number of benzene rings is 2. The maximum Gasteiger partial charge on any atom is 0.326 e. The van der Waals surface area contributed by atoms with Gasteiger partial charge in [0.2, 0.25) is 0 Å². The molecule has 0 radical (unpaired) electrons. The average Bonchev–Trinajstić information content (AvgIpc) is 3.12. The molecule has 1 aliphatic rings. The van der Waals surface area contributed by atoms with Gasteiger partial charge in [-0.2, -0.15) is 0 Å². The number of hydrogen-bond donors (Lipinski definition) is 3. The number of fused-ring (bicyclic) bond motifs is 1. The molecule has 1 unspecified atom stereocenters. The zero-order chi connectivity index (χ0) is 24.1. The first-order chi connectivity index (χ1) is 15.7. The van der Waals surface area contributed by atoms with Crippen molar-refractivity contribution in [3.8, 4) is 11.5 Å². The van der Waals surface area contributed by atoms with E-state index in [4.69, 9.17) is 0 Å². The molecule has 0 saturated carbocycles. The number of carbonyl (C=O) groups is 3. The third-order valence-electron chi connectivity index (χ3n) is 5.85. The molecule has 1 heterocycles. The number of rotatable bonds is 9. The van der Waals surface area contributed by atoms with E-state index in [-0.39, 0.29) is 54.4 Å². The van der Waals surface area contributed by atoms with Crippen molar-refractivity contribution in [3.63, 3.8) is 0 Å². The number of phenolic OH excluding ortho intramolecular Hbond substituents is 2. The molecule has 0 fully saturated rings. The molecule has 0 spiro atoms. The molecule has 8 nitrogen and oxygen atoms in total. The maximum atomic E-state index is 13.0. The number of amides is 1. The minimum atomic E-state index is -1.15. The van der Waals surface area contributed by atoms with Gasteiger partial charge in [-0.1, -0.05) is 42.0 Å². The normalized spacial score (nSPS) is 14.2. The number of esters is 1. The summed E-state index contributed by atoms with van der Waals surface area (Å²) in [7, 11) is 1.32. The van der Waals surface area contributed by atoms with Crippen molar-refractivity contribution in [2.45, 2.75) is 45.2 Å². The van der Waals surface area contributed by atoms with Gasteiger partial charge in [-0.15, -0.1) is 0 Å². The Morgan fingerprint density at radius 3 is 2.52 bits per heavy atom. The van der Waals surface area contributed by atoms with Gasteiger partial charge in [-0.25, -0.2) is 4.79 Å². The van der Waals surface area contributed by atoms with Gasteiger partial charge < -0.3 is 25.0 Å². The van der Waals surface area contributed by atoms with Gasteiger partial charge in [0.05, 0.1) is 19.2 Å². The zero-order valence-corrected chi connectivity index (χ0v) is 18.6. The third-order valence-corrected chi connectivity index (χ3v) is 5.85. The van der Waals surface area contributed by atoms with Crippen LogP contribution in [0.15, 0.2) is 48.0 Å².